The average Bonchev–Trinajstić information content (AvgIpc) is 2.74. The molecule has 0 radical (unpaired) electrons. The van der Waals surface area contributed by atoms with Crippen LogP contribution in [-0.4, -0.2) is 14.3 Å². The van der Waals surface area contributed by atoms with Gasteiger partial charge in [-0.3, -0.25) is 24.1 Å². The Morgan fingerprint density at radius 1 is 0.828 bits per heavy atom. The number of nitrogens with zero attached hydrogens (tertiary/aromatic N) is 2. The Bertz CT molecular complexity index is 1570. The minimum Gasteiger partial charge on any atom is -0.307 e. The van der Waals surface area contributed by atoms with Gasteiger partial charge in [-0.15, -0.1) is 0 Å². The zero-order valence-corrected chi connectivity index (χ0v) is 15.0. The molecule has 0 atom stereocenters. The van der Waals surface area contributed by atoms with Crippen molar-refractivity contribution in [1.82, 2.24) is 9.38 Å². The first-order valence-electron chi connectivity index (χ1n) is 8.89. The normalized spacial score (nSPS) is 11.3. The number of nitro benzene ring substituents is 1. The van der Waals surface area contributed by atoms with Gasteiger partial charge in [-0.2, -0.15) is 0 Å². The van der Waals surface area contributed by atoms with Crippen molar-refractivity contribution >= 4 is 33.0 Å². The van der Waals surface area contributed by atoms with E-state index in [1.54, 1.807) is 24.3 Å². The van der Waals surface area contributed by atoms with Crippen molar-refractivity contribution in [2.75, 3.05) is 0 Å². The van der Waals surface area contributed by atoms with Crippen LogP contribution in [0, 0.1) is 10.1 Å². The third-order valence-corrected chi connectivity index (χ3v) is 5.06. The standard InChI is InChI=1S/C22H13N3O4/c26-21-16-8-4-5-9-18(16)24-20(23-21)19(13-6-2-1-3-7-13)17-12-14(25(28)29)10-11-15(17)22(24)27/h1-12H,(H,23,26). The summed E-state index contributed by atoms with van der Waals surface area (Å²) in [5, 5.41) is 12.5. The van der Waals surface area contributed by atoms with E-state index in [0.717, 1.165) is 5.56 Å². The molecule has 0 aliphatic heterocycles. The molecule has 5 aromatic rings. The molecule has 0 saturated heterocycles. The molecule has 0 unspecified atom stereocenters. The van der Waals surface area contributed by atoms with Crippen molar-refractivity contribution in [3.63, 3.8) is 0 Å². The van der Waals surface area contributed by atoms with Crippen molar-refractivity contribution in [3.8, 4) is 11.1 Å². The topological polar surface area (TPSA) is 97.5 Å². The van der Waals surface area contributed by atoms with E-state index < -0.39 is 4.92 Å². The molecule has 140 valence electrons. The van der Waals surface area contributed by atoms with Gasteiger partial charge in [0.05, 0.1) is 15.8 Å². The molecule has 0 aliphatic rings. The Kier molecular flexibility index (Phi) is 3.57. The first kappa shape index (κ1) is 16.9. The van der Waals surface area contributed by atoms with Gasteiger partial charge in [-0.25, -0.2) is 0 Å². The molecule has 0 saturated carbocycles. The summed E-state index contributed by atoms with van der Waals surface area (Å²) >= 11 is 0. The molecule has 0 bridgehead atoms. The molecule has 1 N–H and O–H groups in total. The van der Waals surface area contributed by atoms with E-state index in [1.165, 1.54) is 22.6 Å². The fraction of sp³-hybridized carbons (Fsp3) is 0. The summed E-state index contributed by atoms with van der Waals surface area (Å²) in [4.78, 5) is 39.7. The largest absolute Gasteiger partial charge is 0.307 e. The van der Waals surface area contributed by atoms with E-state index in [1.807, 2.05) is 30.3 Å². The second kappa shape index (κ2) is 6.13. The number of para-hydroxylation sites is 1. The molecular weight excluding hydrogens is 370 g/mol. The number of hydrogen-bond donors (Lipinski definition) is 1. The van der Waals surface area contributed by atoms with Crippen LogP contribution in [0.2, 0.25) is 0 Å². The number of nitro groups is 1. The minimum atomic E-state index is -0.501. The molecule has 7 nitrogen and oxygen atoms in total. The molecule has 7 heteroatoms. The summed E-state index contributed by atoms with van der Waals surface area (Å²) < 4.78 is 1.47. The zero-order valence-electron chi connectivity index (χ0n) is 15.0. The fourth-order valence-corrected chi connectivity index (χ4v) is 3.78. The van der Waals surface area contributed by atoms with Gasteiger partial charge in [-0.1, -0.05) is 42.5 Å². The Morgan fingerprint density at radius 3 is 2.31 bits per heavy atom. The highest BCUT2D eigenvalue weighted by molar-refractivity contribution is 6.04. The molecule has 5 rings (SSSR count). The Hall–Kier alpha value is -4.26. The fourth-order valence-electron chi connectivity index (χ4n) is 3.78. The maximum absolute atomic E-state index is 13.3. The Morgan fingerprint density at radius 2 is 1.55 bits per heavy atom. The van der Waals surface area contributed by atoms with Crippen molar-refractivity contribution < 1.29 is 4.92 Å². The van der Waals surface area contributed by atoms with E-state index in [4.69, 9.17) is 0 Å². The number of nitrogens with one attached hydrogen (secondary N) is 1. The number of H-pyrrole nitrogens is 1. The third-order valence-electron chi connectivity index (χ3n) is 5.06. The smallest absolute Gasteiger partial charge is 0.270 e. The molecule has 29 heavy (non-hydrogen) atoms. The van der Waals surface area contributed by atoms with Gasteiger partial charge in [0.15, 0.2) is 0 Å². The van der Waals surface area contributed by atoms with Gasteiger partial charge >= 0.3 is 0 Å². The van der Waals surface area contributed by atoms with Crippen LogP contribution in [0.3, 0.4) is 0 Å². The van der Waals surface area contributed by atoms with Crippen LogP contribution in [0.5, 0.6) is 0 Å². The lowest BCUT2D eigenvalue weighted by molar-refractivity contribution is -0.384. The maximum Gasteiger partial charge on any atom is 0.270 e. The summed E-state index contributed by atoms with van der Waals surface area (Å²) in [6.07, 6.45) is 0. The number of rotatable bonds is 2. The number of non-ortho nitro benzene ring substituents is 1. The first-order chi connectivity index (χ1) is 14.1. The number of aromatic nitrogens is 2. The van der Waals surface area contributed by atoms with Gasteiger partial charge in [0, 0.05) is 28.5 Å². The zero-order chi connectivity index (χ0) is 20.1. The van der Waals surface area contributed by atoms with Crippen LogP contribution < -0.4 is 11.1 Å². The predicted octanol–water partition coefficient (Wildman–Crippen LogP) is 3.87. The summed E-state index contributed by atoms with van der Waals surface area (Å²) in [7, 11) is 0. The lowest BCUT2D eigenvalue weighted by Crippen LogP contribution is -2.21. The van der Waals surface area contributed by atoms with Crippen molar-refractivity contribution in [1.29, 1.82) is 0 Å². The Labute approximate surface area is 162 Å². The lowest BCUT2D eigenvalue weighted by atomic mass is 9.99. The number of aromatic amines is 1. The maximum atomic E-state index is 13.3. The monoisotopic (exact) mass is 383 g/mol. The third kappa shape index (κ3) is 2.45. The van der Waals surface area contributed by atoms with Crippen LogP contribution in [0.1, 0.15) is 0 Å². The molecule has 2 heterocycles. The van der Waals surface area contributed by atoms with Crippen molar-refractivity contribution in [2.24, 2.45) is 0 Å². The molecule has 3 aromatic carbocycles. The number of pyridine rings is 1. The quantitative estimate of drug-likeness (QED) is 0.217. The Balaban J connectivity index is 2.13. The lowest BCUT2D eigenvalue weighted by Gasteiger charge is -2.14. The van der Waals surface area contributed by atoms with E-state index in [0.29, 0.717) is 32.9 Å². The summed E-state index contributed by atoms with van der Waals surface area (Å²) in [6, 6.07) is 20.2. The molecule has 0 amide bonds. The van der Waals surface area contributed by atoms with Crippen LogP contribution in [0.25, 0.3) is 38.4 Å². The van der Waals surface area contributed by atoms with Gasteiger partial charge in [0.1, 0.15) is 5.65 Å². The molecule has 0 spiro atoms. The number of fused-ring (bicyclic) bond motifs is 4. The van der Waals surface area contributed by atoms with Crippen LogP contribution >= 0.6 is 0 Å². The van der Waals surface area contributed by atoms with E-state index in [9.17, 15) is 19.7 Å². The van der Waals surface area contributed by atoms with Crippen LogP contribution in [0.15, 0.2) is 82.4 Å². The highest BCUT2D eigenvalue weighted by Crippen LogP contribution is 2.33. The van der Waals surface area contributed by atoms with E-state index in [-0.39, 0.29) is 16.8 Å². The minimum absolute atomic E-state index is 0.124. The highest BCUT2D eigenvalue weighted by atomic mass is 16.6. The highest BCUT2D eigenvalue weighted by Gasteiger charge is 2.19. The number of hydrogen-bond acceptors (Lipinski definition) is 4. The van der Waals surface area contributed by atoms with Crippen LogP contribution in [-0.2, 0) is 0 Å². The van der Waals surface area contributed by atoms with E-state index in [2.05, 4.69) is 4.98 Å². The van der Waals surface area contributed by atoms with E-state index >= 15 is 0 Å². The molecule has 0 aliphatic carbocycles. The number of benzene rings is 3. The van der Waals surface area contributed by atoms with Crippen molar-refractivity contribution in [3.05, 3.63) is 104 Å². The van der Waals surface area contributed by atoms with Gasteiger partial charge < -0.3 is 4.98 Å². The second-order valence-corrected chi connectivity index (χ2v) is 6.69. The van der Waals surface area contributed by atoms with Gasteiger partial charge in [0.2, 0.25) is 0 Å². The second-order valence-electron chi connectivity index (χ2n) is 6.69. The molecular formula is C22H13N3O4. The van der Waals surface area contributed by atoms with Crippen LogP contribution in [0.4, 0.5) is 5.69 Å². The predicted molar refractivity (Wildman–Crippen MR) is 111 cm³/mol. The summed E-state index contributed by atoms with van der Waals surface area (Å²) in [5.41, 5.74) is 1.28. The summed E-state index contributed by atoms with van der Waals surface area (Å²) in [5.74, 6) is 0. The first-order valence-corrected chi connectivity index (χ1v) is 8.89. The molecule has 2 aromatic heterocycles. The molecule has 0 fully saturated rings. The van der Waals surface area contributed by atoms with Gasteiger partial charge in [-0.05, 0) is 23.8 Å². The van der Waals surface area contributed by atoms with Crippen molar-refractivity contribution in [2.45, 2.75) is 0 Å². The summed E-state index contributed by atoms with van der Waals surface area (Å²) in [6.45, 7) is 0. The van der Waals surface area contributed by atoms with Gasteiger partial charge in [0.25, 0.3) is 16.8 Å². The average molecular weight is 383 g/mol. The SMILES string of the molecule is O=c1[nH]c2c(-c3ccccc3)c3cc([N+](=O)[O-])ccc3c(=O)n2c2ccccc12.